The van der Waals surface area contributed by atoms with E-state index in [0.717, 1.165) is 16.6 Å². The molecule has 0 aliphatic rings. The third-order valence-corrected chi connectivity index (χ3v) is 4.72. The van der Waals surface area contributed by atoms with Crippen LogP contribution in [-0.2, 0) is 11.8 Å². The summed E-state index contributed by atoms with van der Waals surface area (Å²) in [6.07, 6.45) is 0. The molecule has 0 spiro atoms. The molecule has 8 heteroatoms. The summed E-state index contributed by atoms with van der Waals surface area (Å²) in [5, 5.41) is 6.87. The third-order valence-electron chi connectivity index (χ3n) is 4.72. The highest BCUT2D eigenvalue weighted by Gasteiger charge is 2.14. The fourth-order valence-corrected chi connectivity index (χ4v) is 3.15. The molecule has 4 rings (SSSR count). The summed E-state index contributed by atoms with van der Waals surface area (Å²) in [7, 11) is 1.72. The normalized spacial score (nSPS) is 11.0. The summed E-state index contributed by atoms with van der Waals surface area (Å²) >= 11 is 0. The Bertz CT molecular complexity index is 1320. The molecule has 1 amide bonds. The molecule has 0 aliphatic heterocycles. The van der Waals surface area contributed by atoms with Crippen molar-refractivity contribution in [1.82, 2.24) is 19.7 Å². The molecule has 0 unspecified atom stereocenters. The van der Waals surface area contributed by atoms with Crippen LogP contribution in [0.5, 0.6) is 0 Å². The number of hydrogen-bond acceptors (Lipinski definition) is 6. The molecule has 0 aliphatic carbocycles. The van der Waals surface area contributed by atoms with Gasteiger partial charge in [-0.1, -0.05) is 11.2 Å². The number of nitrogens with one attached hydrogen (secondary N) is 1. The Morgan fingerprint density at radius 1 is 1.07 bits per heavy atom. The van der Waals surface area contributed by atoms with Gasteiger partial charge in [0.05, 0.1) is 11.0 Å². The van der Waals surface area contributed by atoms with E-state index >= 15 is 0 Å². The van der Waals surface area contributed by atoms with Gasteiger partial charge in [-0.2, -0.15) is 4.98 Å². The van der Waals surface area contributed by atoms with Crippen LogP contribution in [0.15, 0.2) is 45.7 Å². The lowest BCUT2D eigenvalue weighted by Crippen LogP contribution is -2.20. The monoisotopic (exact) mass is 389 g/mol. The average Bonchev–Trinajstić information content (AvgIpc) is 3.17. The van der Waals surface area contributed by atoms with Gasteiger partial charge in [0.1, 0.15) is 5.69 Å². The zero-order valence-corrected chi connectivity index (χ0v) is 16.5. The maximum atomic E-state index is 12.1. The molecule has 0 atom stereocenters. The summed E-state index contributed by atoms with van der Waals surface area (Å²) in [5.41, 5.74) is 4.77. The lowest BCUT2D eigenvalue weighted by atomic mass is 10.1. The Morgan fingerprint density at radius 2 is 1.83 bits per heavy atom. The number of aromatic nitrogens is 4. The minimum absolute atomic E-state index is 0.124. The molecule has 0 bridgehead atoms. The van der Waals surface area contributed by atoms with E-state index in [2.05, 4.69) is 20.4 Å². The Morgan fingerprint density at radius 3 is 2.59 bits per heavy atom. The molecule has 0 saturated carbocycles. The van der Waals surface area contributed by atoms with Gasteiger partial charge < -0.3 is 14.4 Å². The van der Waals surface area contributed by atoms with Gasteiger partial charge in [-0.05, 0) is 49.7 Å². The predicted molar refractivity (Wildman–Crippen MR) is 109 cm³/mol. The highest BCUT2D eigenvalue weighted by atomic mass is 16.5. The van der Waals surface area contributed by atoms with E-state index in [1.165, 1.54) is 6.92 Å². The van der Waals surface area contributed by atoms with Crippen LogP contribution in [0, 0.1) is 13.8 Å². The minimum atomic E-state index is -0.148. The number of aryl methyl sites for hydroxylation is 3. The van der Waals surface area contributed by atoms with Crippen molar-refractivity contribution >= 4 is 22.6 Å². The van der Waals surface area contributed by atoms with Gasteiger partial charge in [-0.3, -0.25) is 9.59 Å². The Kier molecular flexibility index (Phi) is 4.46. The number of carbonyl (C=O) groups is 1. The predicted octanol–water partition coefficient (Wildman–Crippen LogP) is 3.23. The first-order chi connectivity index (χ1) is 13.8. The number of amides is 1. The minimum Gasteiger partial charge on any atom is -0.334 e. The molecule has 8 nitrogen and oxygen atoms in total. The first-order valence-corrected chi connectivity index (χ1v) is 9.03. The van der Waals surface area contributed by atoms with Gasteiger partial charge in [-0.15, -0.1) is 0 Å². The molecule has 2 aromatic heterocycles. The molecule has 0 saturated heterocycles. The summed E-state index contributed by atoms with van der Waals surface area (Å²) in [5.74, 6) is 0.609. The Balaban J connectivity index is 1.74. The van der Waals surface area contributed by atoms with Crippen LogP contribution >= 0.6 is 0 Å². The number of carbonyl (C=O) groups excluding carboxylic acids is 1. The summed E-state index contributed by atoms with van der Waals surface area (Å²) in [6, 6.07) is 11.0. The van der Waals surface area contributed by atoms with Crippen molar-refractivity contribution in [2.45, 2.75) is 20.8 Å². The van der Waals surface area contributed by atoms with Crippen LogP contribution in [0.2, 0.25) is 0 Å². The standard InChI is InChI=1S/C21H19N5O3/c1-11-5-6-15(10-16(11)23-13(3)27)20-24-19(25-29-20)14-7-8-18-17(9-14)22-12(2)21(28)26(18)4/h5-10H,1-4H3,(H,23,27). The Labute approximate surface area is 166 Å². The highest BCUT2D eigenvalue weighted by Crippen LogP contribution is 2.27. The van der Waals surface area contributed by atoms with Gasteiger partial charge in [0, 0.05) is 30.8 Å². The summed E-state index contributed by atoms with van der Waals surface area (Å²) in [4.78, 5) is 32.3. The fraction of sp³-hybridized carbons (Fsp3) is 0.190. The second kappa shape index (κ2) is 6.97. The van der Waals surface area contributed by atoms with Crippen molar-refractivity contribution in [2.24, 2.45) is 7.05 Å². The topological polar surface area (TPSA) is 103 Å². The van der Waals surface area contributed by atoms with Gasteiger partial charge in [0.2, 0.25) is 11.7 Å². The van der Waals surface area contributed by atoms with Crippen LogP contribution in [0.25, 0.3) is 33.9 Å². The number of nitrogens with zero attached hydrogens (tertiary/aromatic N) is 4. The molecule has 2 heterocycles. The number of hydrogen-bond donors (Lipinski definition) is 1. The number of anilines is 1. The summed E-state index contributed by atoms with van der Waals surface area (Å²) in [6.45, 7) is 5.05. The number of rotatable bonds is 3. The second-order valence-electron chi connectivity index (χ2n) is 6.90. The van der Waals surface area contributed by atoms with Gasteiger partial charge in [0.25, 0.3) is 11.4 Å². The average molecular weight is 389 g/mol. The van der Waals surface area contributed by atoms with E-state index in [0.29, 0.717) is 34.2 Å². The molecule has 29 heavy (non-hydrogen) atoms. The lowest BCUT2D eigenvalue weighted by Gasteiger charge is -2.07. The zero-order valence-electron chi connectivity index (χ0n) is 16.5. The first-order valence-electron chi connectivity index (χ1n) is 9.03. The largest absolute Gasteiger partial charge is 0.334 e. The van der Waals surface area contributed by atoms with E-state index in [-0.39, 0.29) is 11.5 Å². The van der Waals surface area contributed by atoms with E-state index in [9.17, 15) is 9.59 Å². The SMILES string of the molecule is CC(=O)Nc1cc(-c2nc(-c3ccc4c(c3)nc(C)c(=O)n4C)no2)ccc1C. The zero-order chi connectivity index (χ0) is 20.7. The van der Waals surface area contributed by atoms with Crippen molar-refractivity contribution in [3.05, 3.63) is 58.0 Å². The second-order valence-corrected chi connectivity index (χ2v) is 6.90. The van der Waals surface area contributed by atoms with Crippen molar-refractivity contribution in [2.75, 3.05) is 5.32 Å². The molecule has 2 aromatic carbocycles. The fourth-order valence-electron chi connectivity index (χ4n) is 3.15. The van der Waals surface area contributed by atoms with Gasteiger partial charge >= 0.3 is 0 Å². The smallest absolute Gasteiger partial charge is 0.272 e. The van der Waals surface area contributed by atoms with Crippen molar-refractivity contribution < 1.29 is 9.32 Å². The van der Waals surface area contributed by atoms with Gasteiger partial charge in [0.15, 0.2) is 0 Å². The van der Waals surface area contributed by atoms with E-state index in [4.69, 9.17) is 4.52 Å². The lowest BCUT2D eigenvalue weighted by molar-refractivity contribution is -0.114. The van der Waals surface area contributed by atoms with Crippen molar-refractivity contribution in [3.8, 4) is 22.8 Å². The quantitative estimate of drug-likeness (QED) is 0.577. The van der Waals surface area contributed by atoms with Gasteiger partial charge in [-0.25, -0.2) is 4.98 Å². The molecule has 146 valence electrons. The Hall–Kier alpha value is -3.81. The maximum Gasteiger partial charge on any atom is 0.272 e. The molecular formula is C21H19N5O3. The molecule has 1 N–H and O–H groups in total. The highest BCUT2D eigenvalue weighted by molar-refractivity contribution is 5.90. The van der Waals surface area contributed by atoms with Crippen LogP contribution in [0.4, 0.5) is 5.69 Å². The molecule has 0 fully saturated rings. The summed E-state index contributed by atoms with van der Waals surface area (Å²) < 4.78 is 7.00. The van der Waals surface area contributed by atoms with Crippen molar-refractivity contribution in [1.29, 1.82) is 0 Å². The van der Waals surface area contributed by atoms with E-state index in [1.807, 2.05) is 37.3 Å². The van der Waals surface area contributed by atoms with Crippen molar-refractivity contribution in [3.63, 3.8) is 0 Å². The van der Waals surface area contributed by atoms with E-state index < -0.39 is 0 Å². The van der Waals surface area contributed by atoms with Crippen LogP contribution in [0.3, 0.4) is 0 Å². The third kappa shape index (κ3) is 3.40. The van der Waals surface area contributed by atoms with Crippen LogP contribution in [0.1, 0.15) is 18.2 Å². The van der Waals surface area contributed by atoms with E-state index in [1.54, 1.807) is 24.6 Å². The maximum absolute atomic E-state index is 12.1. The number of fused-ring (bicyclic) bond motifs is 1. The first kappa shape index (κ1) is 18.5. The molecule has 0 radical (unpaired) electrons. The van der Waals surface area contributed by atoms with Crippen LogP contribution in [-0.4, -0.2) is 25.6 Å². The molecule has 4 aromatic rings. The molecular weight excluding hydrogens is 370 g/mol. The van der Waals surface area contributed by atoms with Crippen LogP contribution < -0.4 is 10.9 Å². The number of benzene rings is 2.